The Hall–Kier alpha value is -0.610. The van der Waals surface area contributed by atoms with E-state index in [1.165, 1.54) is 25.7 Å². The zero-order valence-electron chi connectivity index (χ0n) is 11.0. The third-order valence-corrected chi connectivity index (χ3v) is 3.94. The van der Waals surface area contributed by atoms with Crippen molar-refractivity contribution >= 4 is 5.91 Å². The van der Waals surface area contributed by atoms with Crippen molar-refractivity contribution in [1.29, 1.82) is 0 Å². The van der Waals surface area contributed by atoms with Gasteiger partial charge in [-0.25, -0.2) is 0 Å². The number of nitrogens with zero attached hydrogens (tertiary/aromatic N) is 1. The molecule has 2 aliphatic rings. The summed E-state index contributed by atoms with van der Waals surface area (Å²) < 4.78 is 0. The number of carbonyl (C=O) groups is 1. The maximum Gasteiger partial charge on any atom is 0.237 e. The molecule has 1 saturated carbocycles. The summed E-state index contributed by atoms with van der Waals surface area (Å²) in [6, 6.07) is 0.563. The van der Waals surface area contributed by atoms with E-state index < -0.39 is 0 Å². The second kappa shape index (κ2) is 5.83. The van der Waals surface area contributed by atoms with Gasteiger partial charge in [0.1, 0.15) is 0 Å². The minimum absolute atomic E-state index is 0.0470. The topological polar surface area (TPSA) is 44.4 Å². The van der Waals surface area contributed by atoms with Gasteiger partial charge in [0.25, 0.3) is 0 Å². The molecule has 1 unspecified atom stereocenters. The third-order valence-electron chi connectivity index (χ3n) is 3.94. The number of likely N-dealkylation sites (N-methyl/N-ethyl adjacent to an activating group) is 1. The van der Waals surface area contributed by atoms with Gasteiger partial charge in [0.2, 0.25) is 5.91 Å². The lowest BCUT2D eigenvalue weighted by Gasteiger charge is -2.27. The van der Waals surface area contributed by atoms with Gasteiger partial charge in [-0.3, -0.25) is 4.79 Å². The predicted octanol–water partition coefficient (Wildman–Crippen LogP) is 0.585. The molecule has 2 N–H and O–H groups in total. The molecular formula is C13H25N3O. The summed E-state index contributed by atoms with van der Waals surface area (Å²) in [4.78, 5) is 14.2. The minimum atomic E-state index is 0.0470. The van der Waals surface area contributed by atoms with Gasteiger partial charge in [0.15, 0.2) is 0 Å². The zero-order chi connectivity index (χ0) is 12.3. The van der Waals surface area contributed by atoms with E-state index >= 15 is 0 Å². The lowest BCUT2D eigenvalue weighted by Crippen LogP contribution is -2.50. The summed E-state index contributed by atoms with van der Waals surface area (Å²) in [5.74, 6) is 0.988. The van der Waals surface area contributed by atoms with Crippen LogP contribution in [0, 0.1) is 5.92 Å². The average molecular weight is 239 g/mol. The number of amides is 1. The Morgan fingerprint density at radius 1 is 1.35 bits per heavy atom. The van der Waals surface area contributed by atoms with E-state index in [1.54, 1.807) is 0 Å². The Morgan fingerprint density at radius 3 is 2.65 bits per heavy atom. The highest BCUT2D eigenvalue weighted by Crippen LogP contribution is 2.34. The van der Waals surface area contributed by atoms with Crippen LogP contribution in [0.1, 0.15) is 32.1 Å². The monoisotopic (exact) mass is 239 g/mol. The molecule has 2 rings (SSSR count). The Kier molecular flexibility index (Phi) is 4.40. The van der Waals surface area contributed by atoms with Gasteiger partial charge >= 0.3 is 0 Å². The van der Waals surface area contributed by atoms with Gasteiger partial charge in [0, 0.05) is 12.6 Å². The molecule has 0 radical (unpaired) electrons. The van der Waals surface area contributed by atoms with Crippen LogP contribution >= 0.6 is 0 Å². The minimum Gasteiger partial charge on any atom is -0.353 e. The Balaban J connectivity index is 1.73. The molecule has 17 heavy (non-hydrogen) atoms. The molecule has 1 amide bonds. The zero-order valence-corrected chi connectivity index (χ0v) is 11.0. The molecule has 0 aromatic rings. The quantitative estimate of drug-likeness (QED) is 0.738. The number of hydrogen-bond acceptors (Lipinski definition) is 3. The molecule has 4 heteroatoms. The second-order valence-electron chi connectivity index (χ2n) is 5.62. The summed E-state index contributed by atoms with van der Waals surface area (Å²) >= 11 is 0. The number of rotatable bonds is 5. The van der Waals surface area contributed by atoms with Crippen molar-refractivity contribution in [1.82, 2.24) is 15.5 Å². The molecule has 0 bridgehead atoms. The van der Waals surface area contributed by atoms with Crippen LogP contribution in [0.4, 0.5) is 0 Å². The molecule has 0 aromatic heterocycles. The summed E-state index contributed by atoms with van der Waals surface area (Å²) in [6.07, 6.45) is 6.00. The van der Waals surface area contributed by atoms with Crippen LogP contribution in [-0.4, -0.2) is 50.1 Å². The van der Waals surface area contributed by atoms with E-state index in [0.717, 1.165) is 25.4 Å². The van der Waals surface area contributed by atoms with Crippen LogP contribution in [-0.2, 0) is 4.79 Å². The first-order valence-corrected chi connectivity index (χ1v) is 6.86. The molecule has 1 aliphatic heterocycles. The van der Waals surface area contributed by atoms with Crippen molar-refractivity contribution < 1.29 is 4.79 Å². The molecule has 2 atom stereocenters. The molecule has 2 fully saturated rings. The summed E-state index contributed by atoms with van der Waals surface area (Å²) in [5, 5.41) is 6.40. The van der Waals surface area contributed by atoms with E-state index in [9.17, 15) is 4.79 Å². The summed E-state index contributed by atoms with van der Waals surface area (Å²) in [5.41, 5.74) is 0. The van der Waals surface area contributed by atoms with Crippen molar-refractivity contribution in [3.8, 4) is 0 Å². The van der Waals surface area contributed by atoms with Crippen molar-refractivity contribution in [2.75, 3.05) is 27.2 Å². The van der Waals surface area contributed by atoms with E-state index in [2.05, 4.69) is 29.6 Å². The van der Waals surface area contributed by atoms with Gasteiger partial charge in [-0.05, 0) is 52.2 Å². The molecule has 98 valence electrons. The maximum absolute atomic E-state index is 12.0. The van der Waals surface area contributed by atoms with Gasteiger partial charge in [-0.1, -0.05) is 6.42 Å². The Labute approximate surface area is 104 Å². The van der Waals surface area contributed by atoms with Crippen LogP contribution in [0.3, 0.4) is 0 Å². The lowest BCUT2D eigenvalue weighted by molar-refractivity contribution is -0.123. The highest BCUT2D eigenvalue weighted by atomic mass is 16.2. The van der Waals surface area contributed by atoms with Gasteiger partial charge < -0.3 is 15.5 Å². The molecule has 1 saturated heterocycles. The number of carbonyl (C=O) groups excluding carboxylic acids is 1. The standard InChI is InChI=1S/C13H25N3O/c1-16(2)12(10-6-7-10)9-15-13(17)11-5-3-4-8-14-11/h10-12,14H,3-9H2,1-2H3,(H,15,17)/t11-,12?/m0/s1. The van der Waals surface area contributed by atoms with Gasteiger partial charge in [0.05, 0.1) is 6.04 Å². The fourth-order valence-electron chi connectivity index (χ4n) is 2.66. The fraction of sp³-hybridized carbons (Fsp3) is 0.923. The number of nitrogens with one attached hydrogen (secondary N) is 2. The first-order chi connectivity index (χ1) is 8.18. The Bertz CT molecular complexity index is 255. The summed E-state index contributed by atoms with van der Waals surface area (Å²) in [6.45, 7) is 1.78. The summed E-state index contributed by atoms with van der Waals surface area (Å²) in [7, 11) is 4.21. The molecule has 0 spiro atoms. The van der Waals surface area contributed by atoms with Crippen LogP contribution in [0.25, 0.3) is 0 Å². The largest absolute Gasteiger partial charge is 0.353 e. The van der Waals surface area contributed by atoms with E-state index in [1.807, 2.05) is 0 Å². The predicted molar refractivity (Wildman–Crippen MR) is 68.9 cm³/mol. The van der Waals surface area contributed by atoms with Gasteiger partial charge in [-0.2, -0.15) is 0 Å². The molecule has 4 nitrogen and oxygen atoms in total. The number of hydrogen-bond donors (Lipinski definition) is 2. The highest BCUT2D eigenvalue weighted by molar-refractivity contribution is 5.81. The van der Waals surface area contributed by atoms with Crippen molar-refractivity contribution in [2.24, 2.45) is 5.92 Å². The normalized spacial score (nSPS) is 26.9. The molecule has 0 aromatic carbocycles. The maximum atomic E-state index is 12.0. The van der Waals surface area contributed by atoms with Crippen molar-refractivity contribution in [3.63, 3.8) is 0 Å². The van der Waals surface area contributed by atoms with E-state index in [0.29, 0.717) is 6.04 Å². The lowest BCUT2D eigenvalue weighted by atomic mass is 10.0. The fourth-order valence-corrected chi connectivity index (χ4v) is 2.66. The van der Waals surface area contributed by atoms with E-state index in [-0.39, 0.29) is 11.9 Å². The van der Waals surface area contributed by atoms with Crippen LogP contribution in [0.2, 0.25) is 0 Å². The molecular weight excluding hydrogens is 214 g/mol. The van der Waals surface area contributed by atoms with E-state index in [4.69, 9.17) is 0 Å². The SMILES string of the molecule is CN(C)C(CNC(=O)[C@@H]1CCCCN1)C1CC1. The number of piperidine rings is 1. The van der Waals surface area contributed by atoms with Crippen molar-refractivity contribution in [3.05, 3.63) is 0 Å². The molecule has 1 aliphatic carbocycles. The smallest absolute Gasteiger partial charge is 0.237 e. The second-order valence-corrected chi connectivity index (χ2v) is 5.62. The third kappa shape index (κ3) is 3.68. The van der Waals surface area contributed by atoms with Crippen LogP contribution in [0.5, 0.6) is 0 Å². The molecule has 1 heterocycles. The van der Waals surface area contributed by atoms with Crippen molar-refractivity contribution in [2.45, 2.75) is 44.2 Å². The first kappa shape index (κ1) is 12.8. The average Bonchev–Trinajstić information content (AvgIpc) is 3.14. The first-order valence-electron chi connectivity index (χ1n) is 6.86. The van der Waals surface area contributed by atoms with Crippen LogP contribution in [0.15, 0.2) is 0 Å². The van der Waals surface area contributed by atoms with Gasteiger partial charge in [-0.15, -0.1) is 0 Å². The Morgan fingerprint density at radius 2 is 2.12 bits per heavy atom. The highest BCUT2D eigenvalue weighted by Gasteiger charge is 2.33. The van der Waals surface area contributed by atoms with Crippen LogP contribution < -0.4 is 10.6 Å².